The van der Waals surface area contributed by atoms with Gasteiger partial charge in [-0.2, -0.15) is 0 Å². The maximum Gasteiger partial charge on any atom is 0.142 e. The molecular weight excluding hydrogens is 100 g/mol. The van der Waals surface area contributed by atoms with Gasteiger partial charge in [0.25, 0.3) is 0 Å². The summed E-state index contributed by atoms with van der Waals surface area (Å²) in [5, 5.41) is 0. The van der Waals surface area contributed by atoms with E-state index in [1.807, 2.05) is 0 Å². The molecule has 0 rings (SSSR count). The number of halogens is 2. The highest BCUT2D eigenvalue weighted by molar-refractivity contribution is 4.38. The van der Waals surface area contributed by atoms with Crippen LogP contribution in [0.1, 0.15) is 0 Å². The second kappa shape index (κ2) is 3.99. The Labute approximate surface area is 41.9 Å². The van der Waals surface area contributed by atoms with Gasteiger partial charge in [0.1, 0.15) is 13.5 Å². The van der Waals surface area contributed by atoms with Crippen LogP contribution in [-0.4, -0.2) is 32.0 Å². The second-order valence-corrected chi connectivity index (χ2v) is 1.39. The molecule has 44 valence electrons. The van der Waals surface area contributed by atoms with Gasteiger partial charge in [0.2, 0.25) is 0 Å². The third kappa shape index (κ3) is 3.66. The minimum atomic E-state index is -0.566. The Hall–Kier alpha value is -0.180. The standard InChI is InChI=1S/C4H9F2N/c1-7(4-6)3-2-5/h2-4H2,1H3. The van der Waals surface area contributed by atoms with E-state index >= 15 is 0 Å². The topological polar surface area (TPSA) is 3.24 Å². The highest BCUT2D eigenvalue weighted by Crippen LogP contribution is 1.80. The van der Waals surface area contributed by atoms with Gasteiger partial charge in [0, 0.05) is 6.54 Å². The molecule has 0 aliphatic rings. The van der Waals surface area contributed by atoms with E-state index in [0.29, 0.717) is 0 Å². The Balaban J connectivity index is 2.83. The molecule has 0 fully saturated rings. The van der Waals surface area contributed by atoms with Crippen LogP contribution < -0.4 is 0 Å². The molecule has 7 heavy (non-hydrogen) atoms. The highest BCUT2D eigenvalue weighted by Gasteiger charge is 1.91. The molecule has 0 N–H and O–H groups in total. The van der Waals surface area contributed by atoms with Crippen molar-refractivity contribution in [3.63, 3.8) is 0 Å². The van der Waals surface area contributed by atoms with Gasteiger partial charge >= 0.3 is 0 Å². The van der Waals surface area contributed by atoms with Crippen molar-refractivity contribution in [1.82, 2.24) is 4.90 Å². The Bertz CT molecular complexity index is 40.7. The van der Waals surface area contributed by atoms with Gasteiger partial charge in [-0.3, -0.25) is 4.90 Å². The van der Waals surface area contributed by atoms with Crippen LogP contribution in [-0.2, 0) is 0 Å². The number of alkyl halides is 2. The Morgan fingerprint density at radius 1 is 1.43 bits per heavy atom. The Morgan fingerprint density at radius 3 is 2.14 bits per heavy atom. The van der Waals surface area contributed by atoms with Crippen LogP contribution in [0.25, 0.3) is 0 Å². The third-order valence-corrected chi connectivity index (χ3v) is 0.670. The minimum Gasteiger partial charge on any atom is -0.277 e. The van der Waals surface area contributed by atoms with Crippen LogP contribution in [0.3, 0.4) is 0 Å². The molecule has 0 radical (unpaired) electrons. The molecule has 0 spiro atoms. The number of nitrogens with zero attached hydrogens (tertiary/aromatic N) is 1. The molecular formula is C4H9F2N. The van der Waals surface area contributed by atoms with E-state index in [2.05, 4.69) is 0 Å². The van der Waals surface area contributed by atoms with Gasteiger partial charge in [-0.1, -0.05) is 0 Å². The summed E-state index contributed by atoms with van der Waals surface area (Å²) in [6.45, 7) is -0.846. The first kappa shape index (κ1) is 6.82. The Morgan fingerprint density at radius 2 is 2.00 bits per heavy atom. The average Bonchev–Trinajstić information content (AvgIpc) is 1.68. The molecule has 0 aromatic carbocycles. The van der Waals surface area contributed by atoms with Crippen LogP contribution in [0.2, 0.25) is 0 Å². The zero-order chi connectivity index (χ0) is 5.70. The molecule has 0 unspecified atom stereocenters. The molecule has 0 aromatic heterocycles. The molecule has 0 saturated carbocycles. The Kier molecular flexibility index (Phi) is 3.89. The van der Waals surface area contributed by atoms with Crippen molar-refractivity contribution < 1.29 is 8.78 Å². The molecule has 3 heteroatoms. The van der Waals surface area contributed by atoms with Crippen molar-refractivity contribution in [2.24, 2.45) is 0 Å². The summed E-state index contributed by atoms with van der Waals surface area (Å²) in [6.07, 6.45) is 0. The lowest BCUT2D eigenvalue weighted by atomic mass is 10.7. The van der Waals surface area contributed by atoms with E-state index in [-0.39, 0.29) is 6.54 Å². The molecule has 0 aliphatic carbocycles. The fourth-order valence-electron chi connectivity index (χ4n) is 0.204. The fraction of sp³-hybridized carbons (Fsp3) is 1.00. The SMILES string of the molecule is CN(CF)CCF. The zero-order valence-electron chi connectivity index (χ0n) is 4.32. The lowest BCUT2D eigenvalue weighted by Gasteiger charge is -2.06. The minimum absolute atomic E-state index is 0.191. The van der Waals surface area contributed by atoms with Crippen molar-refractivity contribution in [1.29, 1.82) is 0 Å². The summed E-state index contributed by atoms with van der Waals surface area (Å²) in [5.41, 5.74) is 0. The van der Waals surface area contributed by atoms with Gasteiger partial charge in [0.05, 0.1) is 0 Å². The van der Waals surface area contributed by atoms with Crippen molar-refractivity contribution in [2.45, 2.75) is 0 Å². The maximum absolute atomic E-state index is 11.3. The molecule has 0 bridgehead atoms. The smallest absolute Gasteiger partial charge is 0.142 e. The summed E-state index contributed by atoms with van der Waals surface area (Å²) in [4.78, 5) is 1.26. The summed E-state index contributed by atoms with van der Waals surface area (Å²) < 4.78 is 22.6. The van der Waals surface area contributed by atoms with E-state index in [1.54, 1.807) is 0 Å². The molecule has 0 saturated heterocycles. The van der Waals surface area contributed by atoms with E-state index in [9.17, 15) is 8.78 Å². The largest absolute Gasteiger partial charge is 0.277 e. The van der Waals surface area contributed by atoms with E-state index in [0.717, 1.165) is 0 Å². The van der Waals surface area contributed by atoms with Crippen molar-refractivity contribution in [3.05, 3.63) is 0 Å². The van der Waals surface area contributed by atoms with Gasteiger partial charge in [-0.15, -0.1) is 0 Å². The van der Waals surface area contributed by atoms with Crippen molar-refractivity contribution >= 4 is 0 Å². The molecule has 0 aliphatic heterocycles. The molecule has 0 aromatic rings. The van der Waals surface area contributed by atoms with Gasteiger partial charge < -0.3 is 0 Å². The first-order chi connectivity index (χ1) is 3.31. The lowest BCUT2D eigenvalue weighted by Crippen LogP contribution is -2.18. The van der Waals surface area contributed by atoms with Crippen molar-refractivity contribution in [2.75, 3.05) is 27.1 Å². The summed E-state index contributed by atoms with van der Waals surface area (Å²) in [7, 11) is 1.53. The number of hydrogen-bond acceptors (Lipinski definition) is 1. The summed E-state index contributed by atoms with van der Waals surface area (Å²) in [5.74, 6) is 0. The van der Waals surface area contributed by atoms with Gasteiger partial charge in [0.15, 0.2) is 0 Å². The summed E-state index contributed by atoms with van der Waals surface area (Å²) in [6, 6.07) is 0. The molecule has 0 atom stereocenters. The van der Waals surface area contributed by atoms with Gasteiger partial charge in [-0.05, 0) is 7.05 Å². The van der Waals surface area contributed by atoms with Gasteiger partial charge in [-0.25, -0.2) is 8.78 Å². The first-order valence-electron chi connectivity index (χ1n) is 2.11. The molecule has 0 amide bonds. The van der Waals surface area contributed by atoms with Crippen LogP contribution in [0.15, 0.2) is 0 Å². The second-order valence-electron chi connectivity index (χ2n) is 1.39. The van der Waals surface area contributed by atoms with E-state index in [4.69, 9.17) is 0 Å². The predicted octanol–water partition coefficient (Wildman–Crippen LogP) is 0.815. The van der Waals surface area contributed by atoms with Crippen LogP contribution >= 0.6 is 0 Å². The van der Waals surface area contributed by atoms with Crippen LogP contribution in [0, 0.1) is 0 Å². The lowest BCUT2D eigenvalue weighted by molar-refractivity contribution is 0.209. The average molecular weight is 109 g/mol. The third-order valence-electron chi connectivity index (χ3n) is 0.670. The number of rotatable bonds is 3. The quantitative estimate of drug-likeness (QED) is 0.485. The normalized spacial score (nSPS) is 10.3. The fourth-order valence-corrected chi connectivity index (χ4v) is 0.204. The molecule has 1 nitrogen and oxygen atoms in total. The van der Waals surface area contributed by atoms with Crippen molar-refractivity contribution in [3.8, 4) is 0 Å². The zero-order valence-corrected chi connectivity index (χ0v) is 4.32. The molecule has 0 heterocycles. The van der Waals surface area contributed by atoms with Crippen LogP contribution in [0.5, 0.6) is 0 Å². The summed E-state index contributed by atoms with van der Waals surface area (Å²) >= 11 is 0. The van der Waals surface area contributed by atoms with E-state index < -0.39 is 13.5 Å². The maximum atomic E-state index is 11.3. The van der Waals surface area contributed by atoms with Crippen LogP contribution in [0.4, 0.5) is 8.78 Å². The highest BCUT2D eigenvalue weighted by atomic mass is 19.1. The van der Waals surface area contributed by atoms with E-state index in [1.165, 1.54) is 11.9 Å². The first-order valence-corrected chi connectivity index (χ1v) is 2.11. The monoisotopic (exact) mass is 109 g/mol. The number of hydrogen-bond donors (Lipinski definition) is 0. The predicted molar refractivity (Wildman–Crippen MR) is 24.6 cm³/mol.